The molecule has 0 amide bonds. The number of fused-ring (bicyclic) bond motifs is 1. The molecule has 1 spiro atoms. The lowest BCUT2D eigenvalue weighted by Crippen LogP contribution is -2.29. The predicted molar refractivity (Wildman–Crippen MR) is 130 cm³/mol. The van der Waals surface area contributed by atoms with E-state index in [-0.39, 0.29) is 17.6 Å². The normalized spacial score (nSPS) is 23.0. The van der Waals surface area contributed by atoms with Gasteiger partial charge in [0.2, 0.25) is 0 Å². The molecule has 6 rings (SSSR count). The number of rotatable bonds is 8. The van der Waals surface area contributed by atoms with Crippen molar-refractivity contribution in [1.82, 2.24) is 19.5 Å². The van der Waals surface area contributed by atoms with Crippen LogP contribution in [0.3, 0.4) is 0 Å². The van der Waals surface area contributed by atoms with Crippen LogP contribution in [0, 0.1) is 11.3 Å². The molecule has 0 N–H and O–H groups in total. The Hall–Kier alpha value is -2.80. The molecular formula is C27H27ClN4O2. The molecule has 0 unspecified atom stereocenters. The lowest BCUT2D eigenvalue weighted by molar-refractivity contribution is -0.0327. The van der Waals surface area contributed by atoms with Gasteiger partial charge in [0.1, 0.15) is 11.8 Å². The van der Waals surface area contributed by atoms with Crippen LogP contribution in [0.25, 0.3) is 11.2 Å². The summed E-state index contributed by atoms with van der Waals surface area (Å²) in [7, 11) is 0. The molecule has 2 aliphatic rings. The molecule has 2 aromatic heterocycles. The van der Waals surface area contributed by atoms with E-state index in [1.54, 1.807) is 0 Å². The minimum absolute atomic E-state index is 0.0956. The highest BCUT2D eigenvalue weighted by Gasteiger charge is 2.63. The van der Waals surface area contributed by atoms with Crippen LogP contribution >= 0.6 is 11.6 Å². The molecule has 0 radical (unpaired) electrons. The van der Waals surface area contributed by atoms with E-state index < -0.39 is 0 Å². The maximum Gasteiger partial charge on any atom is 0.165 e. The number of benzene rings is 2. The van der Waals surface area contributed by atoms with Gasteiger partial charge in [-0.25, -0.2) is 15.0 Å². The van der Waals surface area contributed by atoms with Gasteiger partial charge in [0, 0.05) is 12.0 Å². The van der Waals surface area contributed by atoms with Gasteiger partial charge in [-0.05, 0) is 35.8 Å². The molecule has 174 valence electrons. The van der Waals surface area contributed by atoms with E-state index in [1.807, 2.05) is 18.5 Å². The summed E-state index contributed by atoms with van der Waals surface area (Å²) in [5.41, 5.74) is 3.96. The molecule has 2 aromatic carbocycles. The quantitative estimate of drug-likeness (QED) is 0.310. The maximum absolute atomic E-state index is 6.57. The summed E-state index contributed by atoms with van der Waals surface area (Å²) < 4.78 is 15.1. The highest BCUT2D eigenvalue weighted by atomic mass is 35.5. The first-order valence-electron chi connectivity index (χ1n) is 11.8. The van der Waals surface area contributed by atoms with E-state index in [4.69, 9.17) is 21.1 Å². The maximum atomic E-state index is 6.57. The van der Waals surface area contributed by atoms with E-state index in [0.29, 0.717) is 36.4 Å². The smallest absolute Gasteiger partial charge is 0.165 e. The van der Waals surface area contributed by atoms with E-state index in [1.165, 1.54) is 17.5 Å². The first-order chi connectivity index (χ1) is 16.7. The molecule has 34 heavy (non-hydrogen) atoms. The molecule has 0 saturated heterocycles. The predicted octanol–water partition coefficient (Wildman–Crippen LogP) is 5.62. The van der Waals surface area contributed by atoms with Gasteiger partial charge in [0.15, 0.2) is 10.8 Å². The van der Waals surface area contributed by atoms with Gasteiger partial charge in [-0.15, -0.1) is 0 Å². The molecule has 2 heterocycles. The van der Waals surface area contributed by atoms with Crippen LogP contribution in [0.4, 0.5) is 0 Å². The lowest BCUT2D eigenvalue weighted by atomic mass is 9.89. The standard InChI is InChI=1S/C27H27ClN4O2/c28-25-24-26(30-17-29-25)32(18-31-24)23-13-22(34-15-20-9-5-2-6-10-20)21(27(23)11-12-27)16-33-14-19-7-3-1-4-8-19/h1-10,17-18,21-23H,11-16H2/t21-,22+,23+/m1/s1. The number of hydrogen-bond acceptors (Lipinski definition) is 5. The highest BCUT2D eigenvalue weighted by molar-refractivity contribution is 6.33. The first-order valence-corrected chi connectivity index (χ1v) is 12.2. The van der Waals surface area contributed by atoms with E-state index in [9.17, 15) is 0 Å². The average molecular weight is 475 g/mol. The Kier molecular flexibility index (Phi) is 5.81. The zero-order valence-corrected chi connectivity index (χ0v) is 19.6. The fourth-order valence-electron chi connectivity index (χ4n) is 5.64. The second kappa shape index (κ2) is 9.10. The van der Waals surface area contributed by atoms with Gasteiger partial charge in [-0.1, -0.05) is 72.3 Å². The average Bonchev–Trinajstić information content (AvgIpc) is 3.46. The summed E-state index contributed by atoms with van der Waals surface area (Å²) in [6.45, 7) is 1.88. The van der Waals surface area contributed by atoms with Gasteiger partial charge >= 0.3 is 0 Å². The molecule has 4 aromatic rings. The van der Waals surface area contributed by atoms with Crippen molar-refractivity contribution in [2.24, 2.45) is 11.3 Å². The minimum atomic E-state index is 0.0956. The van der Waals surface area contributed by atoms with E-state index >= 15 is 0 Å². The van der Waals surface area contributed by atoms with Crippen molar-refractivity contribution < 1.29 is 9.47 Å². The zero-order chi connectivity index (χ0) is 23.0. The van der Waals surface area contributed by atoms with Crippen LogP contribution in [0.5, 0.6) is 0 Å². The van der Waals surface area contributed by atoms with Crippen LogP contribution in [-0.2, 0) is 22.7 Å². The number of hydrogen-bond donors (Lipinski definition) is 0. The Morgan fingerprint density at radius 3 is 2.32 bits per heavy atom. The van der Waals surface area contributed by atoms with Gasteiger partial charge in [0.05, 0.1) is 32.3 Å². The number of aromatic nitrogens is 4. The zero-order valence-electron chi connectivity index (χ0n) is 18.9. The SMILES string of the molecule is Clc1ncnc2c1ncn2[C@H]1C[C@H](OCc2ccccc2)[C@@H](COCc2ccccc2)C12CC2. The highest BCUT2D eigenvalue weighted by Crippen LogP contribution is 2.67. The summed E-state index contributed by atoms with van der Waals surface area (Å²) in [6.07, 6.45) is 6.69. The lowest BCUT2D eigenvalue weighted by Gasteiger charge is -2.27. The van der Waals surface area contributed by atoms with E-state index in [2.05, 4.69) is 68.0 Å². The Morgan fingerprint density at radius 2 is 1.62 bits per heavy atom. The van der Waals surface area contributed by atoms with Crippen molar-refractivity contribution in [3.63, 3.8) is 0 Å². The Bertz CT molecular complexity index is 1260. The molecule has 6 nitrogen and oxygen atoms in total. The van der Waals surface area contributed by atoms with Gasteiger partial charge in [-0.2, -0.15) is 0 Å². The number of halogens is 1. The molecule has 3 atom stereocenters. The monoisotopic (exact) mass is 474 g/mol. The molecule has 7 heteroatoms. The number of nitrogens with zero attached hydrogens (tertiary/aromatic N) is 4. The third-order valence-electron chi connectivity index (χ3n) is 7.50. The number of ether oxygens (including phenoxy) is 2. The third kappa shape index (κ3) is 4.00. The second-order valence-electron chi connectivity index (χ2n) is 9.42. The summed E-state index contributed by atoms with van der Waals surface area (Å²) in [4.78, 5) is 13.1. The molecule has 0 bridgehead atoms. The fourth-order valence-corrected chi connectivity index (χ4v) is 5.82. The van der Waals surface area contributed by atoms with Crippen molar-refractivity contribution >= 4 is 22.8 Å². The summed E-state index contributed by atoms with van der Waals surface area (Å²) >= 11 is 6.29. The van der Waals surface area contributed by atoms with Crippen molar-refractivity contribution in [2.45, 2.75) is 44.6 Å². The van der Waals surface area contributed by atoms with Gasteiger partial charge in [0.25, 0.3) is 0 Å². The molecule has 2 fully saturated rings. The van der Waals surface area contributed by atoms with Crippen LogP contribution in [0.2, 0.25) is 5.15 Å². The number of imidazole rings is 1. The van der Waals surface area contributed by atoms with Gasteiger partial charge in [-0.3, -0.25) is 0 Å². The summed E-state index contributed by atoms with van der Waals surface area (Å²) in [6, 6.07) is 21.0. The summed E-state index contributed by atoms with van der Waals surface area (Å²) in [5, 5.41) is 0.395. The Labute approximate surface area is 203 Å². The summed E-state index contributed by atoms with van der Waals surface area (Å²) in [5.74, 6) is 0.305. The van der Waals surface area contributed by atoms with E-state index in [0.717, 1.165) is 24.9 Å². The first kappa shape index (κ1) is 21.7. The largest absolute Gasteiger partial charge is 0.376 e. The Morgan fingerprint density at radius 1 is 0.912 bits per heavy atom. The molecular weight excluding hydrogens is 448 g/mol. The minimum Gasteiger partial charge on any atom is -0.376 e. The van der Waals surface area contributed by atoms with Crippen molar-refractivity contribution in [2.75, 3.05) is 6.61 Å². The topological polar surface area (TPSA) is 62.1 Å². The van der Waals surface area contributed by atoms with Crippen molar-refractivity contribution in [3.8, 4) is 0 Å². The van der Waals surface area contributed by atoms with Crippen LogP contribution in [0.15, 0.2) is 73.3 Å². The third-order valence-corrected chi connectivity index (χ3v) is 7.78. The molecule has 0 aliphatic heterocycles. The van der Waals surface area contributed by atoms with Crippen molar-refractivity contribution in [1.29, 1.82) is 0 Å². The Balaban J connectivity index is 1.26. The van der Waals surface area contributed by atoms with Crippen LogP contribution in [0.1, 0.15) is 36.4 Å². The molecule has 2 saturated carbocycles. The second-order valence-corrected chi connectivity index (χ2v) is 9.77. The van der Waals surface area contributed by atoms with Crippen LogP contribution in [-0.4, -0.2) is 32.2 Å². The van der Waals surface area contributed by atoms with Gasteiger partial charge < -0.3 is 14.0 Å². The fraction of sp³-hybridized carbons (Fsp3) is 0.370. The van der Waals surface area contributed by atoms with Crippen molar-refractivity contribution in [3.05, 3.63) is 89.6 Å². The van der Waals surface area contributed by atoms with Crippen LogP contribution < -0.4 is 0 Å². The molecule has 2 aliphatic carbocycles.